The Balaban J connectivity index is 2.03. The standard InChI is InChI=1S/C14H14N2O/c17-14-8-7-13(15-16-14)12-6-5-10-3-1-2-4-11(10)9-12/h5-9H,1-4H2,(H,16,17). The van der Waals surface area contributed by atoms with Gasteiger partial charge < -0.3 is 0 Å². The minimum absolute atomic E-state index is 0.160. The molecular weight excluding hydrogens is 212 g/mol. The van der Waals surface area contributed by atoms with E-state index in [1.165, 1.54) is 36.5 Å². The molecule has 2 aromatic rings. The van der Waals surface area contributed by atoms with Gasteiger partial charge in [-0.05, 0) is 48.9 Å². The molecule has 3 rings (SSSR count). The number of aromatic amines is 1. The summed E-state index contributed by atoms with van der Waals surface area (Å²) < 4.78 is 0. The number of aromatic nitrogens is 2. The highest BCUT2D eigenvalue weighted by molar-refractivity contribution is 5.60. The number of H-pyrrole nitrogens is 1. The molecule has 1 heterocycles. The Morgan fingerprint density at radius 3 is 2.59 bits per heavy atom. The summed E-state index contributed by atoms with van der Waals surface area (Å²) in [6.45, 7) is 0. The minimum atomic E-state index is -0.160. The molecule has 86 valence electrons. The van der Waals surface area contributed by atoms with Gasteiger partial charge in [-0.2, -0.15) is 5.10 Å². The number of fused-ring (bicyclic) bond motifs is 1. The van der Waals surface area contributed by atoms with Gasteiger partial charge in [-0.3, -0.25) is 4.79 Å². The van der Waals surface area contributed by atoms with E-state index in [9.17, 15) is 4.79 Å². The number of aryl methyl sites for hydroxylation is 2. The molecule has 1 N–H and O–H groups in total. The molecule has 0 atom stereocenters. The van der Waals surface area contributed by atoms with Crippen molar-refractivity contribution in [3.8, 4) is 11.3 Å². The highest BCUT2D eigenvalue weighted by Crippen LogP contribution is 2.25. The third-order valence-electron chi connectivity index (χ3n) is 3.32. The van der Waals surface area contributed by atoms with Crippen molar-refractivity contribution in [3.63, 3.8) is 0 Å². The summed E-state index contributed by atoms with van der Waals surface area (Å²) in [6, 6.07) is 9.77. The van der Waals surface area contributed by atoms with Crippen LogP contribution in [0.5, 0.6) is 0 Å². The molecule has 17 heavy (non-hydrogen) atoms. The second kappa shape index (κ2) is 4.17. The van der Waals surface area contributed by atoms with Gasteiger partial charge in [0.05, 0.1) is 5.69 Å². The molecule has 3 heteroatoms. The fourth-order valence-electron chi connectivity index (χ4n) is 2.40. The highest BCUT2D eigenvalue weighted by Gasteiger charge is 2.10. The number of nitrogens with zero attached hydrogens (tertiary/aromatic N) is 1. The lowest BCUT2D eigenvalue weighted by atomic mass is 9.90. The lowest BCUT2D eigenvalue weighted by Gasteiger charge is -2.16. The molecule has 3 nitrogen and oxygen atoms in total. The van der Waals surface area contributed by atoms with E-state index in [-0.39, 0.29) is 5.56 Å². The van der Waals surface area contributed by atoms with Crippen molar-refractivity contribution in [1.29, 1.82) is 0 Å². The Kier molecular flexibility index (Phi) is 2.52. The summed E-state index contributed by atoms with van der Waals surface area (Å²) in [5.74, 6) is 0. The average molecular weight is 226 g/mol. The van der Waals surface area contributed by atoms with Crippen molar-refractivity contribution in [2.45, 2.75) is 25.7 Å². The summed E-state index contributed by atoms with van der Waals surface area (Å²) in [6.07, 6.45) is 4.92. The third-order valence-corrected chi connectivity index (χ3v) is 3.32. The molecule has 0 amide bonds. The molecule has 0 saturated carbocycles. The van der Waals surface area contributed by atoms with Gasteiger partial charge in [0.15, 0.2) is 0 Å². The predicted molar refractivity (Wildman–Crippen MR) is 66.9 cm³/mol. The van der Waals surface area contributed by atoms with E-state index < -0.39 is 0 Å². The van der Waals surface area contributed by atoms with E-state index in [1.807, 2.05) is 0 Å². The molecule has 0 spiro atoms. The van der Waals surface area contributed by atoms with Gasteiger partial charge in [-0.25, -0.2) is 5.10 Å². The van der Waals surface area contributed by atoms with Crippen LogP contribution in [0.1, 0.15) is 24.0 Å². The van der Waals surface area contributed by atoms with Gasteiger partial charge in [-0.1, -0.05) is 12.1 Å². The highest BCUT2D eigenvalue weighted by atomic mass is 16.1. The first-order chi connectivity index (χ1) is 8.33. The van der Waals surface area contributed by atoms with Crippen LogP contribution < -0.4 is 5.56 Å². The first-order valence-corrected chi connectivity index (χ1v) is 6.01. The zero-order valence-corrected chi connectivity index (χ0v) is 9.57. The Labute approximate surface area is 99.5 Å². The van der Waals surface area contributed by atoms with Crippen LogP contribution in [0.25, 0.3) is 11.3 Å². The quantitative estimate of drug-likeness (QED) is 0.811. The molecule has 1 aromatic carbocycles. The average Bonchev–Trinajstić information content (AvgIpc) is 2.39. The normalized spacial score (nSPS) is 14.4. The maximum atomic E-state index is 11.0. The number of hydrogen-bond donors (Lipinski definition) is 1. The largest absolute Gasteiger partial charge is 0.268 e. The molecule has 0 aliphatic heterocycles. The maximum Gasteiger partial charge on any atom is 0.264 e. The molecule has 0 unspecified atom stereocenters. The lowest BCUT2D eigenvalue weighted by Crippen LogP contribution is -2.06. The summed E-state index contributed by atoms with van der Waals surface area (Å²) in [7, 11) is 0. The van der Waals surface area contributed by atoms with E-state index in [1.54, 1.807) is 6.07 Å². The second-order valence-electron chi connectivity index (χ2n) is 4.50. The van der Waals surface area contributed by atoms with Crippen LogP contribution in [0, 0.1) is 0 Å². The Bertz CT molecular complexity index is 581. The van der Waals surface area contributed by atoms with Crippen LogP contribution in [-0.4, -0.2) is 10.2 Å². The zero-order valence-electron chi connectivity index (χ0n) is 9.57. The van der Waals surface area contributed by atoms with Crippen LogP contribution in [0.2, 0.25) is 0 Å². The lowest BCUT2D eigenvalue weighted by molar-refractivity contribution is 0.686. The minimum Gasteiger partial charge on any atom is -0.268 e. The second-order valence-corrected chi connectivity index (χ2v) is 4.50. The SMILES string of the molecule is O=c1ccc(-c2ccc3c(c2)CCCC3)n[nH]1. The predicted octanol–water partition coefficient (Wildman–Crippen LogP) is 2.32. The van der Waals surface area contributed by atoms with Crippen LogP contribution in [0.15, 0.2) is 35.1 Å². The molecule has 0 bridgehead atoms. The molecule has 0 fully saturated rings. The van der Waals surface area contributed by atoms with Crippen LogP contribution in [-0.2, 0) is 12.8 Å². The molecule has 1 aliphatic carbocycles. The van der Waals surface area contributed by atoms with Crippen LogP contribution >= 0.6 is 0 Å². The Morgan fingerprint density at radius 1 is 1.00 bits per heavy atom. The first kappa shape index (κ1) is 10.3. The summed E-state index contributed by atoms with van der Waals surface area (Å²) in [5, 5.41) is 6.53. The topological polar surface area (TPSA) is 45.8 Å². The van der Waals surface area contributed by atoms with Crippen molar-refractivity contribution in [3.05, 3.63) is 51.8 Å². The fraction of sp³-hybridized carbons (Fsp3) is 0.286. The molecule has 0 saturated heterocycles. The Hall–Kier alpha value is -1.90. The van der Waals surface area contributed by atoms with Crippen molar-refractivity contribution < 1.29 is 0 Å². The first-order valence-electron chi connectivity index (χ1n) is 6.01. The summed E-state index contributed by atoms with van der Waals surface area (Å²) in [4.78, 5) is 11.0. The number of nitrogens with one attached hydrogen (secondary N) is 1. The van der Waals surface area contributed by atoms with E-state index in [4.69, 9.17) is 0 Å². The number of hydrogen-bond acceptors (Lipinski definition) is 2. The van der Waals surface area contributed by atoms with Gasteiger partial charge in [0.25, 0.3) is 5.56 Å². The molecule has 1 aliphatic rings. The zero-order chi connectivity index (χ0) is 11.7. The number of rotatable bonds is 1. The van der Waals surface area contributed by atoms with Gasteiger partial charge in [0, 0.05) is 11.6 Å². The van der Waals surface area contributed by atoms with Crippen LogP contribution in [0.4, 0.5) is 0 Å². The smallest absolute Gasteiger partial charge is 0.264 e. The summed E-state index contributed by atoms with van der Waals surface area (Å²) >= 11 is 0. The third kappa shape index (κ3) is 2.00. The van der Waals surface area contributed by atoms with E-state index in [0.29, 0.717) is 0 Å². The van der Waals surface area contributed by atoms with Gasteiger partial charge in [0.2, 0.25) is 0 Å². The maximum absolute atomic E-state index is 11.0. The van der Waals surface area contributed by atoms with Gasteiger partial charge >= 0.3 is 0 Å². The molecule has 1 aromatic heterocycles. The number of benzene rings is 1. The van der Waals surface area contributed by atoms with E-state index in [0.717, 1.165) is 17.7 Å². The fourth-order valence-corrected chi connectivity index (χ4v) is 2.40. The van der Waals surface area contributed by atoms with Crippen molar-refractivity contribution in [2.24, 2.45) is 0 Å². The van der Waals surface area contributed by atoms with Crippen molar-refractivity contribution in [2.75, 3.05) is 0 Å². The van der Waals surface area contributed by atoms with Gasteiger partial charge in [-0.15, -0.1) is 0 Å². The van der Waals surface area contributed by atoms with Gasteiger partial charge in [0.1, 0.15) is 0 Å². The monoisotopic (exact) mass is 226 g/mol. The van der Waals surface area contributed by atoms with Crippen molar-refractivity contribution in [1.82, 2.24) is 10.2 Å². The summed E-state index contributed by atoms with van der Waals surface area (Å²) in [5.41, 5.74) is 4.65. The Morgan fingerprint density at radius 2 is 1.82 bits per heavy atom. The van der Waals surface area contributed by atoms with Crippen LogP contribution in [0.3, 0.4) is 0 Å². The van der Waals surface area contributed by atoms with E-state index in [2.05, 4.69) is 28.4 Å². The van der Waals surface area contributed by atoms with Crippen molar-refractivity contribution >= 4 is 0 Å². The van der Waals surface area contributed by atoms with E-state index >= 15 is 0 Å². The molecular formula is C14H14N2O. The molecule has 0 radical (unpaired) electrons.